The normalized spacial score (nSPS) is 24.9. The van der Waals surface area contributed by atoms with Gasteiger partial charge in [-0.15, -0.1) is 0 Å². The summed E-state index contributed by atoms with van der Waals surface area (Å²) in [7, 11) is 0. The van der Waals surface area contributed by atoms with Crippen LogP contribution >= 0.6 is 0 Å². The van der Waals surface area contributed by atoms with Crippen molar-refractivity contribution in [2.24, 2.45) is 5.92 Å². The Labute approximate surface area is 121 Å². The Hall–Kier alpha value is -1.13. The van der Waals surface area contributed by atoms with Crippen LogP contribution in [0.4, 0.5) is 5.69 Å². The van der Waals surface area contributed by atoms with Crippen LogP contribution in [-0.2, 0) is 15.9 Å². The predicted molar refractivity (Wildman–Crippen MR) is 79.1 cm³/mol. The zero-order chi connectivity index (χ0) is 13.8. The lowest BCUT2D eigenvalue weighted by Crippen LogP contribution is -2.43. The lowest BCUT2D eigenvalue weighted by Gasteiger charge is -2.35. The molecular weight excluding hydrogens is 252 g/mol. The van der Waals surface area contributed by atoms with Gasteiger partial charge < -0.3 is 14.4 Å². The average molecular weight is 276 g/mol. The first-order chi connectivity index (χ1) is 9.83. The van der Waals surface area contributed by atoms with E-state index in [-0.39, 0.29) is 0 Å². The number of pyridine rings is 1. The van der Waals surface area contributed by atoms with E-state index in [9.17, 15) is 0 Å². The molecule has 0 aliphatic carbocycles. The highest BCUT2D eigenvalue weighted by molar-refractivity contribution is 5.48. The summed E-state index contributed by atoms with van der Waals surface area (Å²) < 4.78 is 10.9. The molecule has 2 saturated heterocycles. The van der Waals surface area contributed by atoms with Gasteiger partial charge >= 0.3 is 0 Å². The third-order valence-corrected chi connectivity index (χ3v) is 4.34. The van der Waals surface area contributed by atoms with Gasteiger partial charge in [-0.3, -0.25) is 4.98 Å². The van der Waals surface area contributed by atoms with Crippen LogP contribution in [0.2, 0.25) is 0 Å². The van der Waals surface area contributed by atoms with E-state index >= 15 is 0 Å². The molecule has 1 aromatic heterocycles. The van der Waals surface area contributed by atoms with Crippen LogP contribution in [0.25, 0.3) is 0 Å². The minimum atomic E-state index is 0.446. The third-order valence-electron chi connectivity index (χ3n) is 4.34. The number of rotatable bonds is 3. The Morgan fingerprint density at radius 3 is 2.90 bits per heavy atom. The highest BCUT2D eigenvalue weighted by Crippen LogP contribution is 2.23. The number of nitrogens with zero attached hydrogens (tertiary/aromatic N) is 2. The molecule has 0 saturated carbocycles. The molecule has 0 spiro atoms. The van der Waals surface area contributed by atoms with Gasteiger partial charge in [0.1, 0.15) is 0 Å². The maximum absolute atomic E-state index is 5.51. The number of anilines is 1. The summed E-state index contributed by atoms with van der Waals surface area (Å²) in [5.74, 6) is 0.730. The summed E-state index contributed by atoms with van der Waals surface area (Å²) in [6.45, 7) is 6.65. The molecule has 2 fully saturated rings. The van der Waals surface area contributed by atoms with E-state index < -0.39 is 0 Å². The Morgan fingerprint density at radius 2 is 2.10 bits per heavy atom. The molecule has 0 radical (unpaired) electrons. The van der Waals surface area contributed by atoms with E-state index in [4.69, 9.17) is 9.47 Å². The molecule has 110 valence electrons. The Morgan fingerprint density at radius 1 is 1.25 bits per heavy atom. The van der Waals surface area contributed by atoms with Crippen molar-refractivity contribution in [3.8, 4) is 0 Å². The zero-order valence-electron chi connectivity index (χ0n) is 12.3. The summed E-state index contributed by atoms with van der Waals surface area (Å²) in [4.78, 5) is 6.98. The van der Waals surface area contributed by atoms with E-state index in [2.05, 4.69) is 28.9 Å². The van der Waals surface area contributed by atoms with Gasteiger partial charge in [-0.1, -0.05) is 0 Å². The second-order valence-corrected chi connectivity index (χ2v) is 5.88. The minimum Gasteiger partial charge on any atom is -0.381 e. The van der Waals surface area contributed by atoms with Crippen LogP contribution < -0.4 is 4.90 Å². The van der Waals surface area contributed by atoms with Gasteiger partial charge in [0, 0.05) is 43.4 Å². The third kappa shape index (κ3) is 3.30. The van der Waals surface area contributed by atoms with E-state index in [1.165, 1.54) is 24.2 Å². The molecule has 1 atom stereocenters. The lowest BCUT2D eigenvalue weighted by molar-refractivity contribution is 0.0662. The number of hydrogen-bond acceptors (Lipinski definition) is 4. The Bertz CT molecular complexity index is 432. The average Bonchev–Trinajstić information content (AvgIpc) is 2.49. The maximum atomic E-state index is 5.51. The standard InChI is InChI=1S/C16H24N2O2/c1-13-12-20-9-6-18(13)16-2-5-17-15(11-16)10-14-3-7-19-8-4-14/h2,5,11,13-14H,3-4,6-10,12H2,1H3/t13-/m0/s1. The Kier molecular flexibility index (Phi) is 4.53. The summed E-state index contributed by atoms with van der Waals surface area (Å²) in [6, 6.07) is 4.83. The first kappa shape index (κ1) is 13.8. The van der Waals surface area contributed by atoms with Gasteiger partial charge in [0.05, 0.1) is 13.2 Å². The van der Waals surface area contributed by atoms with Crippen molar-refractivity contribution in [3.63, 3.8) is 0 Å². The molecular formula is C16H24N2O2. The fourth-order valence-corrected chi connectivity index (χ4v) is 3.11. The quantitative estimate of drug-likeness (QED) is 0.848. The molecule has 2 aliphatic heterocycles. The molecule has 1 aromatic rings. The van der Waals surface area contributed by atoms with Gasteiger partial charge in [-0.25, -0.2) is 0 Å². The smallest absolute Gasteiger partial charge is 0.0668 e. The number of morpholine rings is 1. The zero-order valence-corrected chi connectivity index (χ0v) is 12.3. The highest BCUT2D eigenvalue weighted by atomic mass is 16.5. The first-order valence-corrected chi connectivity index (χ1v) is 7.70. The molecule has 3 rings (SSSR count). The van der Waals surface area contributed by atoms with Crippen LogP contribution in [0.15, 0.2) is 18.3 Å². The monoisotopic (exact) mass is 276 g/mol. The van der Waals surface area contributed by atoms with Crippen LogP contribution in [0.1, 0.15) is 25.5 Å². The largest absolute Gasteiger partial charge is 0.381 e. The highest BCUT2D eigenvalue weighted by Gasteiger charge is 2.20. The second-order valence-electron chi connectivity index (χ2n) is 5.88. The molecule has 4 nitrogen and oxygen atoms in total. The maximum Gasteiger partial charge on any atom is 0.0668 e. The molecule has 0 N–H and O–H groups in total. The van der Waals surface area contributed by atoms with E-state index in [0.29, 0.717) is 6.04 Å². The van der Waals surface area contributed by atoms with Gasteiger partial charge in [-0.2, -0.15) is 0 Å². The Balaban J connectivity index is 1.68. The van der Waals surface area contributed by atoms with E-state index in [0.717, 1.165) is 45.3 Å². The summed E-state index contributed by atoms with van der Waals surface area (Å²) in [6.07, 6.45) is 5.36. The summed E-state index contributed by atoms with van der Waals surface area (Å²) in [5.41, 5.74) is 2.51. The minimum absolute atomic E-state index is 0.446. The van der Waals surface area contributed by atoms with Crippen molar-refractivity contribution in [3.05, 3.63) is 24.0 Å². The van der Waals surface area contributed by atoms with Gasteiger partial charge in [0.15, 0.2) is 0 Å². The molecule has 4 heteroatoms. The van der Waals surface area contributed by atoms with E-state index in [1.54, 1.807) is 0 Å². The topological polar surface area (TPSA) is 34.6 Å². The fraction of sp³-hybridized carbons (Fsp3) is 0.688. The molecule has 0 amide bonds. The number of ether oxygens (including phenoxy) is 2. The van der Waals surface area contributed by atoms with Gasteiger partial charge in [0.2, 0.25) is 0 Å². The molecule has 2 aliphatic rings. The summed E-state index contributed by atoms with van der Waals surface area (Å²) in [5, 5.41) is 0. The lowest BCUT2D eigenvalue weighted by atomic mass is 9.94. The second kappa shape index (κ2) is 6.55. The van der Waals surface area contributed by atoms with Gasteiger partial charge in [-0.05, 0) is 44.2 Å². The molecule has 0 aromatic carbocycles. The van der Waals surface area contributed by atoms with Crippen LogP contribution in [0, 0.1) is 5.92 Å². The van der Waals surface area contributed by atoms with Gasteiger partial charge in [0.25, 0.3) is 0 Å². The van der Waals surface area contributed by atoms with Crippen LogP contribution in [-0.4, -0.2) is 44.0 Å². The summed E-state index contributed by atoms with van der Waals surface area (Å²) >= 11 is 0. The van der Waals surface area contributed by atoms with Crippen molar-refractivity contribution in [2.75, 3.05) is 37.9 Å². The van der Waals surface area contributed by atoms with E-state index in [1.807, 2.05) is 6.20 Å². The van der Waals surface area contributed by atoms with Crippen molar-refractivity contribution >= 4 is 5.69 Å². The predicted octanol–water partition coefficient (Wildman–Crippen LogP) is 2.28. The van der Waals surface area contributed by atoms with Crippen molar-refractivity contribution in [1.82, 2.24) is 4.98 Å². The number of hydrogen-bond donors (Lipinski definition) is 0. The molecule has 0 unspecified atom stereocenters. The molecule has 3 heterocycles. The van der Waals surface area contributed by atoms with Crippen LogP contribution in [0.3, 0.4) is 0 Å². The first-order valence-electron chi connectivity index (χ1n) is 7.70. The fourth-order valence-electron chi connectivity index (χ4n) is 3.11. The SMILES string of the molecule is C[C@H]1COCCN1c1ccnc(CC2CCOCC2)c1. The van der Waals surface area contributed by atoms with Crippen molar-refractivity contribution < 1.29 is 9.47 Å². The van der Waals surface area contributed by atoms with Crippen LogP contribution in [0.5, 0.6) is 0 Å². The van der Waals surface area contributed by atoms with Crippen molar-refractivity contribution in [1.29, 1.82) is 0 Å². The molecule has 20 heavy (non-hydrogen) atoms. The number of aromatic nitrogens is 1. The molecule has 0 bridgehead atoms. The van der Waals surface area contributed by atoms with Crippen molar-refractivity contribution in [2.45, 2.75) is 32.2 Å².